The molecule has 1 amide bonds. The van der Waals surface area contributed by atoms with E-state index in [-0.39, 0.29) is 5.91 Å². The Kier molecular flexibility index (Phi) is 6.11. The quantitative estimate of drug-likeness (QED) is 0.661. The van der Waals surface area contributed by atoms with Crippen LogP contribution in [0.15, 0.2) is 12.7 Å². The van der Waals surface area contributed by atoms with Crippen LogP contribution in [0.2, 0.25) is 0 Å². The summed E-state index contributed by atoms with van der Waals surface area (Å²) >= 11 is 0. The lowest BCUT2D eigenvalue weighted by atomic mass is 10.3. The van der Waals surface area contributed by atoms with Gasteiger partial charge in [0, 0.05) is 52.7 Å². The molecule has 0 aromatic rings. The minimum Gasteiger partial charge on any atom is -0.344 e. The largest absolute Gasteiger partial charge is 0.344 e. The van der Waals surface area contributed by atoms with Gasteiger partial charge in [-0.05, 0) is 6.42 Å². The summed E-state index contributed by atoms with van der Waals surface area (Å²) in [6.07, 6.45) is 3.15. The van der Waals surface area contributed by atoms with E-state index in [4.69, 9.17) is 0 Å². The average Bonchev–Trinajstić information content (AvgIpc) is 2.34. The third-order valence-electron chi connectivity index (χ3n) is 2.95. The monoisotopic (exact) mass is 225 g/mol. The molecule has 4 nitrogen and oxygen atoms in total. The number of nitrogens with one attached hydrogen (secondary N) is 1. The average molecular weight is 225 g/mol. The van der Waals surface area contributed by atoms with Crippen molar-refractivity contribution in [3.05, 3.63) is 12.7 Å². The van der Waals surface area contributed by atoms with Crippen LogP contribution in [0, 0.1) is 0 Å². The molecule has 0 saturated carbocycles. The smallest absolute Gasteiger partial charge is 0.222 e. The number of rotatable bonds is 6. The predicted octanol–water partition coefficient (Wildman–Crippen LogP) is 0.316. The zero-order valence-electron chi connectivity index (χ0n) is 10.2. The third kappa shape index (κ3) is 4.77. The highest BCUT2D eigenvalue weighted by molar-refractivity contribution is 5.75. The molecule has 1 fully saturated rings. The van der Waals surface area contributed by atoms with E-state index in [1.54, 1.807) is 6.08 Å². The maximum absolute atomic E-state index is 11.6. The SMILES string of the molecule is C=CCCC(=O)N(C)CCN1CCNCC1. The second kappa shape index (κ2) is 7.41. The van der Waals surface area contributed by atoms with Crippen molar-refractivity contribution in [2.24, 2.45) is 0 Å². The van der Waals surface area contributed by atoms with Crippen LogP contribution in [-0.2, 0) is 4.79 Å². The van der Waals surface area contributed by atoms with Crippen LogP contribution in [0.1, 0.15) is 12.8 Å². The highest BCUT2D eigenvalue weighted by Crippen LogP contribution is 1.98. The van der Waals surface area contributed by atoms with Crippen LogP contribution < -0.4 is 5.32 Å². The van der Waals surface area contributed by atoms with Crippen LogP contribution in [0.4, 0.5) is 0 Å². The van der Waals surface area contributed by atoms with Crippen LogP contribution in [0.25, 0.3) is 0 Å². The topological polar surface area (TPSA) is 35.6 Å². The lowest BCUT2D eigenvalue weighted by Crippen LogP contribution is -2.46. The van der Waals surface area contributed by atoms with E-state index in [2.05, 4.69) is 16.8 Å². The Bertz CT molecular complexity index is 224. The summed E-state index contributed by atoms with van der Waals surface area (Å²) < 4.78 is 0. The first-order chi connectivity index (χ1) is 7.74. The highest BCUT2D eigenvalue weighted by Gasteiger charge is 2.12. The first kappa shape index (κ1) is 13.2. The van der Waals surface area contributed by atoms with Gasteiger partial charge in [-0.1, -0.05) is 6.08 Å². The summed E-state index contributed by atoms with van der Waals surface area (Å²) in [5.74, 6) is 0.218. The van der Waals surface area contributed by atoms with Gasteiger partial charge in [-0.3, -0.25) is 9.69 Å². The zero-order chi connectivity index (χ0) is 11.8. The molecular weight excluding hydrogens is 202 g/mol. The fourth-order valence-corrected chi connectivity index (χ4v) is 1.77. The zero-order valence-corrected chi connectivity index (χ0v) is 10.2. The number of nitrogens with zero attached hydrogens (tertiary/aromatic N) is 2. The molecule has 0 unspecified atom stereocenters. The van der Waals surface area contributed by atoms with Crippen molar-refractivity contribution in [3.63, 3.8) is 0 Å². The Balaban J connectivity index is 2.15. The van der Waals surface area contributed by atoms with E-state index < -0.39 is 0 Å². The number of amides is 1. The first-order valence-electron chi connectivity index (χ1n) is 6.02. The fourth-order valence-electron chi connectivity index (χ4n) is 1.77. The van der Waals surface area contributed by atoms with Gasteiger partial charge in [0.15, 0.2) is 0 Å². The summed E-state index contributed by atoms with van der Waals surface area (Å²) in [7, 11) is 1.88. The molecule has 1 aliphatic heterocycles. The van der Waals surface area contributed by atoms with Crippen molar-refractivity contribution in [3.8, 4) is 0 Å². The standard InChI is InChI=1S/C12H23N3O/c1-3-4-5-12(16)14(2)10-11-15-8-6-13-7-9-15/h3,13H,1,4-11H2,2H3. The Morgan fingerprint density at radius 3 is 2.81 bits per heavy atom. The number of hydrogen-bond acceptors (Lipinski definition) is 3. The number of carbonyl (C=O) groups is 1. The van der Waals surface area contributed by atoms with Crippen molar-refractivity contribution in [2.75, 3.05) is 46.3 Å². The molecule has 1 aliphatic rings. The molecule has 0 bridgehead atoms. The number of carbonyl (C=O) groups excluding carboxylic acids is 1. The number of likely N-dealkylation sites (N-methyl/N-ethyl adjacent to an activating group) is 1. The van der Waals surface area contributed by atoms with Crippen LogP contribution >= 0.6 is 0 Å². The minimum absolute atomic E-state index is 0.218. The predicted molar refractivity (Wildman–Crippen MR) is 66.4 cm³/mol. The van der Waals surface area contributed by atoms with Crippen molar-refractivity contribution < 1.29 is 4.79 Å². The van der Waals surface area contributed by atoms with Crippen LogP contribution in [0.5, 0.6) is 0 Å². The second-order valence-electron chi connectivity index (χ2n) is 4.23. The van der Waals surface area contributed by atoms with E-state index in [9.17, 15) is 4.79 Å². The van der Waals surface area contributed by atoms with Gasteiger partial charge < -0.3 is 10.2 Å². The van der Waals surface area contributed by atoms with Gasteiger partial charge in [0.05, 0.1) is 0 Å². The van der Waals surface area contributed by atoms with Gasteiger partial charge in [-0.15, -0.1) is 6.58 Å². The van der Waals surface area contributed by atoms with Crippen LogP contribution in [-0.4, -0.2) is 62.0 Å². The normalized spacial score (nSPS) is 17.1. The summed E-state index contributed by atoms with van der Waals surface area (Å²) in [5, 5.41) is 3.32. The van der Waals surface area contributed by atoms with Crippen molar-refractivity contribution in [1.82, 2.24) is 15.1 Å². The maximum atomic E-state index is 11.6. The Labute approximate surface area is 98.3 Å². The molecule has 92 valence electrons. The van der Waals surface area contributed by atoms with E-state index >= 15 is 0 Å². The van der Waals surface area contributed by atoms with Crippen molar-refractivity contribution in [2.45, 2.75) is 12.8 Å². The summed E-state index contributed by atoms with van der Waals surface area (Å²) in [6.45, 7) is 9.75. The Morgan fingerprint density at radius 2 is 2.19 bits per heavy atom. The summed E-state index contributed by atoms with van der Waals surface area (Å²) in [5.41, 5.74) is 0. The number of hydrogen-bond donors (Lipinski definition) is 1. The molecular formula is C12H23N3O. The third-order valence-corrected chi connectivity index (χ3v) is 2.95. The maximum Gasteiger partial charge on any atom is 0.222 e. The van der Waals surface area contributed by atoms with Crippen molar-refractivity contribution >= 4 is 5.91 Å². The van der Waals surface area contributed by atoms with Gasteiger partial charge in [-0.2, -0.15) is 0 Å². The molecule has 0 spiro atoms. The second-order valence-corrected chi connectivity index (χ2v) is 4.23. The number of piperazine rings is 1. The Hall–Kier alpha value is -0.870. The van der Waals surface area contributed by atoms with Crippen molar-refractivity contribution in [1.29, 1.82) is 0 Å². The Morgan fingerprint density at radius 1 is 1.50 bits per heavy atom. The lowest BCUT2D eigenvalue weighted by molar-refractivity contribution is -0.130. The molecule has 1 rings (SSSR count). The molecule has 1 N–H and O–H groups in total. The molecule has 0 aromatic carbocycles. The highest BCUT2D eigenvalue weighted by atomic mass is 16.2. The molecule has 0 aliphatic carbocycles. The summed E-state index contributed by atoms with van der Waals surface area (Å²) in [4.78, 5) is 15.8. The van der Waals surface area contributed by atoms with E-state index in [0.29, 0.717) is 6.42 Å². The fraction of sp³-hybridized carbons (Fsp3) is 0.750. The van der Waals surface area contributed by atoms with Gasteiger partial charge in [0.2, 0.25) is 5.91 Å². The van der Waals surface area contributed by atoms with Gasteiger partial charge >= 0.3 is 0 Å². The lowest BCUT2D eigenvalue weighted by Gasteiger charge is -2.29. The van der Waals surface area contributed by atoms with Gasteiger partial charge in [0.1, 0.15) is 0 Å². The molecule has 0 radical (unpaired) electrons. The molecule has 4 heteroatoms. The molecule has 1 heterocycles. The van der Waals surface area contributed by atoms with E-state index in [0.717, 1.165) is 45.7 Å². The molecule has 1 saturated heterocycles. The van der Waals surface area contributed by atoms with Crippen LogP contribution in [0.3, 0.4) is 0 Å². The number of allylic oxidation sites excluding steroid dienone is 1. The molecule has 0 atom stereocenters. The first-order valence-corrected chi connectivity index (χ1v) is 6.02. The molecule has 0 aromatic heterocycles. The minimum atomic E-state index is 0.218. The van der Waals surface area contributed by atoms with E-state index in [1.165, 1.54) is 0 Å². The van der Waals surface area contributed by atoms with E-state index in [1.807, 2.05) is 11.9 Å². The van der Waals surface area contributed by atoms with Gasteiger partial charge in [-0.25, -0.2) is 0 Å². The van der Waals surface area contributed by atoms with Gasteiger partial charge in [0.25, 0.3) is 0 Å². The molecule has 16 heavy (non-hydrogen) atoms. The summed E-state index contributed by atoms with van der Waals surface area (Å²) in [6, 6.07) is 0.